The maximum Gasteiger partial charge on any atom is 0.128 e. The van der Waals surface area contributed by atoms with Gasteiger partial charge < -0.3 is 4.74 Å². The van der Waals surface area contributed by atoms with E-state index in [2.05, 4.69) is 35.9 Å². The second-order valence-corrected chi connectivity index (χ2v) is 4.69. The maximum atomic E-state index is 5.87. The van der Waals surface area contributed by atoms with E-state index in [4.69, 9.17) is 4.74 Å². The molecule has 0 radical (unpaired) electrons. The molecular formula is C16H20N2O. The van der Waals surface area contributed by atoms with Crippen LogP contribution in [0.25, 0.3) is 11.3 Å². The van der Waals surface area contributed by atoms with E-state index < -0.39 is 0 Å². The van der Waals surface area contributed by atoms with Gasteiger partial charge in [0.15, 0.2) is 0 Å². The van der Waals surface area contributed by atoms with Gasteiger partial charge in [0.2, 0.25) is 0 Å². The Morgan fingerprint density at radius 3 is 2.74 bits per heavy atom. The summed E-state index contributed by atoms with van der Waals surface area (Å²) in [6.07, 6.45) is 3.99. The second-order valence-electron chi connectivity index (χ2n) is 4.69. The Hall–Kier alpha value is -1.90. The van der Waals surface area contributed by atoms with E-state index in [1.165, 1.54) is 5.56 Å². The Balaban J connectivity index is 2.34. The van der Waals surface area contributed by atoms with E-state index in [1.807, 2.05) is 19.1 Å². The molecule has 19 heavy (non-hydrogen) atoms. The summed E-state index contributed by atoms with van der Waals surface area (Å²) in [5, 5.41) is 0. The molecule has 0 atom stereocenters. The number of aromatic nitrogens is 2. The van der Waals surface area contributed by atoms with Gasteiger partial charge in [0.05, 0.1) is 12.3 Å². The number of ether oxygens (including phenoxy) is 1. The molecule has 1 aromatic carbocycles. The fourth-order valence-electron chi connectivity index (χ4n) is 1.90. The van der Waals surface area contributed by atoms with Gasteiger partial charge in [-0.25, -0.2) is 9.97 Å². The molecular weight excluding hydrogens is 236 g/mol. The lowest BCUT2D eigenvalue weighted by Crippen LogP contribution is -1.99. The van der Waals surface area contributed by atoms with Gasteiger partial charge in [-0.15, -0.1) is 0 Å². The van der Waals surface area contributed by atoms with Crippen LogP contribution < -0.4 is 4.74 Å². The average Bonchev–Trinajstić information content (AvgIpc) is 2.40. The summed E-state index contributed by atoms with van der Waals surface area (Å²) in [5.41, 5.74) is 3.17. The summed E-state index contributed by atoms with van der Waals surface area (Å²) in [5.74, 6) is 1.68. The fourth-order valence-corrected chi connectivity index (χ4v) is 1.90. The molecule has 1 aromatic heterocycles. The molecule has 0 fully saturated rings. The van der Waals surface area contributed by atoms with Gasteiger partial charge in [0, 0.05) is 11.8 Å². The Kier molecular flexibility index (Phi) is 4.50. The van der Waals surface area contributed by atoms with Crippen molar-refractivity contribution in [1.29, 1.82) is 0 Å². The van der Waals surface area contributed by atoms with E-state index in [9.17, 15) is 0 Å². The molecule has 0 N–H and O–H groups in total. The first-order chi connectivity index (χ1) is 9.20. The van der Waals surface area contributed by atoms with Crippen LogP contribution in [0.1, 0.15) is 31.2 Å². The van der Waals surface area contributed by atoms with E-state index in [-0.39, 0.29) is 0 Å². The van der Waals surface area contributed by atoms with Gasteiger partial charge >= 0.3 is 0 Å². The molecule has 0 saturated carbocycles. The van der Waals surface area contributed by atoms with Crippen LogP contribution in [0.15, 0.2) is 30.5 Å². The quantitative estimate of drug-likeness (QED) is 0.760. The molecule has 0 saturated heterocycles. The number of unbranched alkanes of at least 4 members (excludes halogenated alkanes) is 1. The fraction of sp³-hybridized carbons (Fsp3) is 0.375. The third-order valence-electron chi connectivity index (χ3n) is 2.94. The topological polar surface area (TPSA) is 35.0 Å². The van der Waals surface area contributed by atoms with Crippen LogP contribution >= 0.6 is 0 Å². The summed E-state index contributed by atoms with van der Waals surface area (Å²) in [6.45, 7) is 6.88. The van der Waals surface area contributed by atoms with Crippen molar-refractivity contribution in [3.63, 3.8) is 0 Å². The molecule has 100 valence electrons. The van der Waals surface area contributed by atoms with Crippen LogP contribution in [0.3, 0.4) is 0 Å². The predicted octanol–water partition coefficient (Wildman–Crippen LogP) is 3.94. The van der Waals surface area contributed by atoms with Gasteiger partial charge in [-0.2, -0.15) is 0 Å². The molecule has 0 spiro atoms. The summed E-state index contributed by atoms with van der Waals surface area (Å²) in [7, 11) is 0. The van der Waals surface area contributed by atoms with Crippen LogP contribution in [0.4, 0.5) is 0 Å². The first-order valence-electron chi connectivity index (χ1n) is 6.74. The minimum atomic E-state index is 0.747. The van der Waals surface area contributed by atoms with Crippen molar-refractivity contribution < 1.29 is 4.74 Å². The van der Waals surface area contributed by atoms with Gasteiger partial charge in [0.25, 0.3) is 0 Å². The average molecular weight is 256 g/mol. The Bertz CT molecular complexity index is 552. The lowest BCUT2D eigenvalue weighted by molar-refractivity contribution is 0.310. The highest BCUT2D eigenvalue weighted by Gasteiger charge is 2.08. The molecule has 0 aliphatic carbocycles. The van der Waals surface area contributed by atoms with Gasteiger partial charge in [-0.05, 0) is 38.5 Å². The molecule has 2 aromatic rings. The number of nitrogens with zero attached hydrogens (tertiary/aromatic N) is 2. The molecule has 0 amide bonds. The lowest BCUT2D eigenvalue weighted by atomic mass is 10.1. The normalized spacial score (nSPS) is 10.5. The van der Waals surface area contributed by atoms with Crippen molar-refractivity contribution in [2.24, 2.45) is 0 Å². The third-order valence-corrected chi connectivity index (χ3v) is 2.94. The number of aryl methyl sites for hydroxylation is 2. The molecule has 0 aliphatic rings. The summed E-state index contributed by atoms with van der Waals surface area (Å²) >= 11 is 0. The van der Waals surface area contributed by atoms with Crippen LogP contribution in [-0.4, -0.2) is 16.6 Å². The van der Waals surface area contributed by atoms with Crippen LogP contribution in [-0.2, 0) is 0 Å². The van der Waals surface area contributed by atoms with E-state index in [0.717, 1.165) is 42.3 Å². The van der Waals surface area contributed by atoms with Crippen LogP contribution in [0.5, 0.6) is 5.75 Å². The van der Waals surface area contributed by atoms with Crippen molar-refractivity contribution in [3.8, 4) is 17.0 Å². The van der Waals surface area contributed by atoms with Crippen molar-refractivity contribution >= 4 is 0 Å². The van der Waals surface area contributed by atoms with Crippen molar-refractivity contribution in [2.45, 2.75) is 33.6 Å². The second kappa shape index (κ2) is 6.32. The summed E-state index contributed by atoms with van der Waals surface area (Å²) < 4.78 is 5.87. The molecule has 0 unspecified atom stereocenters. The molecule has 2 rings (SSSR count). The first kappa shape index (κ1) is 13.5. The minimum Gasteiger partial charge on any atom is -0.493 e. The highest BCUT2D eigenvalue weighted by atomic mass is 16.5. The Morgan fingerprint density at radius 1 is 1.16 bits per heavy atom. The van der Waals surface area contributed by atoms with Gasteiger partial charge in [-0.1, -0.05) is 25.0 Å². The molecule has 0 aliphatic heterocycles. The first-order valence-corrected chi connectivity index (χ1v) is 6.74. The highest BCUT2D eigenvalue weighted by Crippen LogP contribution is 2.29. The van der Waals surface area contributed by atoms with Crippen molar-refractivity contribution in [2.75, 3.05) is 6.61 Å². The van der Waals surface area contributed by atoms with E-state index in [0.29, 0.717) is 0 Å². The van der Waals surface area contributed by atoms with Gasteiger partial charge in [-0.3, -0.25) is 0 Å². The molecule has 3 heteroatoms. The summed E-state index contributed by atoms with van der Waals surface area (Å²) in [6, 6.07) is 8.13. The smallest absolute Gasteiger partial charge is 0.128 e. The molecule has 0 bridgehead atoms. The lowest BCUT2D eigenvalue weighted by Gasteiger charge is -2.12. The number of benzene rings is 1. The van der Waals surface area contributed by atoms with E-state index in [1.54, 1.807) is 6.20 Å². The zero-order valence-corrected chi connectivity index (χ0v) is 11.8. The van der Waals surface area contributed by atoms with E-state index >= 15 is 0 Å². The third kappa shape index (κ3) is 3.53. The predicted molar refractivity (Wildman–Crippen MR) is 77.3 cm³/mol. The summed E-state index contributed by atoms with van der Waals surface area (Å²) in [4.78, 5) is 8.62. The molecule has 1 heterocycles. The van der Waals surface area contributed by atoms with Crippen LogP contribution in [0, 0.1) is 13.8 Å². The maximum absolute atomic E-state index is 5.87. The zero-order chi connectivity index (χ0) is 13.7. The Morgan fingerprint density at radius 2 is 2.00 bits per heavy atom. The van der Waals surface area contributed by atoms with Crippen molar-refractivity contribution in [1.82, 2.24) is 9.97 Å². The van der Waals surface area contributed by atoms with Crippen LogP contribution in [0.2, 0.25) is 0 Å². The monoisotopic (exact) mass is 256 g/mol. The standard InChI is InChI=1S/C16H20N2O/c1-4-5-10-19-16-7-6-12(2)11-14(16)15-8-9-17-13(3)18-15/h6-9,11H,4-5,10H2,1-3H3. The number of hydrogen-bond donors (Lipinski definition) is 0. The molecule has 3 nitrogen and oxygen atoms in total. The minimum absolute atomic E-state index is 0.747. The number of rotatable bonds is 5. The number of hydrogen-bond acceptors (Lipinski definition) is 3. The van der Waals surface area contributed by atoms with Gasteiger partial charge in [0.1, 0.15) is 11.6 Å². The largest absolute Gasteiger partial charge is 0.493 e. The highest BCUT2D eigenvalue weighted by molar-refractivity contribution is 5.67. The van der Waals surface area contributed by atoms with Crippen molar-refractivity contribution in [3.05, 3.63) is 41.9 Å². The SMILES string of the molecule is CCCCOc1ccc(C)cc1-c1ccnc(C)n1. The Labute approximate surface area is 114 Å². The zero-order valence-electron chi connectivity index (χ0n) is 11.8.